The number of ether oxygens (including phenoxy) is 1. The summed E-state index contributed by atoms with van der Waals surface area (Å²) in [5.74, 6) is 5.48. The van der Waals surface area contributed by atoms with Crippen LogP contribution in [-0.2, 0) is 11.3 Å². The summed E-state index contributed by atoms with van der Waals surface area (Å²) in [5.41, 5.74) is 1.07. The number of rotatable bonds is 5. The summed E-state index contributed by atoms with van der Waals surface area (Å²) in [4.78, 5) is 33.9. The molecule has 1 atom stereocenters. The molecule has 36 heavy (non-hydrogen) atoms. The van der Waals surface area contributed by atoms with Crippen molar-refractivity contribution in [3.63, 3.8) is 0 Å². The topological polar surface area (TPSA) is 101 Å². The fourth-order valence-corrected chi connectivity index (χ4v) is 3.88. The Morgan fingerprint density at radius 2 is 2.00 bits per heavy atom. The maximum atomic E-state index is 13.4. The molecular weight excluding hydrogens is 458 g/mol. The average Bonchev–Trinajstić information content (AvgIpc) is 3.28. The number of amides is 2. The molecule has 0 saturated carbocycles. The Morgan fingerprint density at radius 1 is 1.25 bits per heavy atom. The molecule has 1 aliphatic heterocycles. The van der Waals surface area contributed by atoms with Crippen LogP contribution in [0.5, 0.6) is 5.75 Å². The number of aromatic nitrogens is 3. The van der Waals surface area contributed by atoms with Gasteiger partial charge in [-0.25, -0.2) is 9.67 Å². The van der Waals surface area contributed by atoms with E-state index in [4.69, 9.17) is 4.74 Å². The molecule has 0 unspecified atom stereocenters. The van der Waals surface area contributed by atoms with E-state index in [-0.39, 0.29) is 24.9 Å². The quantitative estimate of drug-likeness (QED) is 0.555. The number of nitrogens with zero attached hydrogens (tertiary/aromatic N) is 5. The summed E-state index contributed by atoms with van der Waals surface area (Å²) >= 11 is 0. The minimum absolute atomic E-state index is 0.00479. The fraction of sp³-hybridized carbons (Fsp3) is 0.333. The molecule has 9 nitrogen and oxygen atoms in total. The lowest BCUT2D eigenvalue weighted by atomic mass is 10.1. The third-order valence-electron chi connectivity index (χ3n) is 5.74. The van der Waals surface area contributed by atoms with Gasteiger partial charge in [0.15, 0.2) is 0 Å². The van der Waals surface area contributed by atoms with Gasteiger partial charge in [-0.1, -0.05) is 42.2 Å². The van der Waals surface area contributed by atoms with Crippen molar-refractivity contribution in [2.75, 3.05) is 25.1 Å². The van der Waals surface area contributed by atoms with Crippen LogP contribution in [0.15, 0.2) is 54.9 Å². The van der Waals surface area contributed by atoms with Crippen molar-refractivity contribution in [2.45, 2.75) is 39.0 Å². The third kappa shape index (κ3) is 5.56. The van der Waals surface area contributed by atoms with Gasteiger partial charge in [0, 0.05) is 19.2 Å². The first-order chi connectivity index (χ1) is 17.2. The van der Waals surface area contributed by atoms with E-state index < -0.39 is 17.6 Å². The minimum atomic E-state index is -1.14. The molecule has 1 N–H and O–H groups in total. The molecule has 9 heteroatoms. The summed E-state index contributed by atoms with van der Waals surface area (Å²) < 4.78 is 7.55. The van der Waals surface area contributed by atoms with Crippen LogP contribution in [0.1, 0.15) is 42.5 Å². The zero-order chi connectivity index (χ0) is 25.9. The van der Waals surface area contributed by atoms with Crippen LogP contribution in [0.2, 0.25) is 0 Å². The molecule has 186 valence electrons. The molecule has 1 aliphatic rings. The predicted molar refractivity (Wildman–Crippen MR) is 135 cm³/mol. The average molecular weight is 488 g/mol. The van der Waals surface area contributed by atoms with E-state index in [0.717, 1.165) is 5.56 Å². The highest BCUT2D eigenvalue weighted by atomic mass is 16.5. The van der Waals surface area contributed by atoms with Crippen LogP contribution in [0.3, 0.4) is 0 Å². The Hall–Kier alpha value is -4.16. The van der Waals surface area contributed by atoms with Crippen molar-refractivity contribution >= 4 is 17.5 Å². The van der Waals surface area contributed by atoms with E-state index in [1.165, 1.54) is 16.1 Å². The number of carbonyl (C=O) groups excluding carboxylic acids is 2. The van der Waals surface area contributed by atoms with Crippen molar-refractivity contribution in [3.05, 3.63) is 71.8 Å². The number of fused-ring (bicyclic) bond motifs is 1. The van der Waals surface area contributed by atoms with Gasteiger partial charge in [0.1, 0.15) is 30.3 Å². The molecule has 4 rings (SSSR count). The predicted octanol–water partition coefficient (Wildman–Crippen LogP) is 2.33. The van der Waals surface area contributed by atoms with E-state index in [2.05, 4.69) is 21.9 Å². The van der Waals surface area contributed by atoms with Gasteiger partial charge in [-0.05, 0) is 44.5 Å². The number of carbonyl (C=O) groups is 2. The summed E-state index contributed by atoms with van der Waals surface area (Å²) in [7, 11) is 1.64. The molecule has 0 aliphatic carbocycles. The Balaban J connectivity index is 1.54. The first kappa shape index (κ1) is 24.9. The van der Waals surface area contributed by atoms with Crippen LogP contribution in [0.25, 0.3) is 0 Å². The molecular formula is C27H29N5O4. The van der Waals surface area contributed by atoms with Crippen molar-refractivity contribution in [3.8, 4) is 17.6 Å². The Bertz CT molecular complexity index is 1320. The SMILES string of the molecule is CCN(C(=O)c1ncn(Cc2ccccc2)n1)[C@@H]1COc2ccc(C#CC(C)(C)O)cc2N(C)C1=O. The van der Waals surface area contributed by atoms with Crippen LogP contribution < -0.4 is 9.64 Å². The van der Waals surface area contributed by atoms with Crippen LogP contribution in [0, 0.1) is 11.8 Å². The van der Waals surface area contributed by atoms with Crippen LogP contribution in [0.4, 0.5) is 5.69 Å². The van der Waals surface area contributed by atoms with Crippen LogP contribution >= 0.6 is 0 Å². The molecule has 0 fully saturated rings. The number of aliphatic hydroxyl groups is 1. The van der Waals surface area contributed by atoms with E-state index >= 15 is 0 Å². The molecule has 0 bridgehead atoms. The lowest BCUT2D eigenvalue weighted by Crippen LogP contribution is -2.52. The first-order valence-corrected chi connectivity index (χ1v) is 11.7. The summed E-state index contributed by atoms with van der Waals surface area (Å²) in [5, 5.41) is 14.2. The highest BCUT2D eigenvalue weighted by Gasteiger charge is 2.37. The van der Waals surface area contributed by atoms with Crippen molar-refractivity contribution in [2.24, 2.45) is 0 Å². The zero-order valence-corrected chi connectivity index (χ0v) is 20.8. The second kappa shape index (κ2) is 10.2. The molecule has 0 saturated heterocycles. The Labute approximate surface area is 210 Å². The first-order valence-electron chi connectivity index (χ1n) is 11.7. The summed E-state index contributed by atoms with van der Waals surface area (Å²) in [6.45, 7) is 5.75. The van der Waals surface area contributed by atoms with Gasteiger partial charge < -0.3 is 19.6 Å². The lowest BCUT2D eigenvalue weighted by molar-refractivity contribution is -0.123. The largest absolute Gasteiger partial charge is 0.489 e. The zero-order valence-electron chi connectivity index (χ0n) is 20.8. The molecule has 2 heterocycles. The van der Waals surface area contributed by atoms with Gasteiger partial charge in [-0.15, -0.1) is 5.10 Å². The van der Waals surface area contributed by atoms with Gasteiger partial charge in [0.2, 0.25) is 5.82 Å². The number of likely N-dealkylation sites (N-methyl/N-ethyl adjacent to an activating group) is 2. The minimum Gasteiger partial charge on any atom is -0.489 e. The van der Waals surface area contributed by atoms with Crippen LogP contribution in [-0.4, -0.2) is 68.4 Å². The number of hydrogen-bond acceptors (Lipinski definition) is 6. The lowest BCUT2D eigenvalue weighted by Gasteiger charge is -2.29. The van der Waals surface area contributed by atoms with E-state index in [1.54, 1.807) is 50.7 Å². The van der Waals surface area contributed by atoms with Gasteiger partial charge >= 0.3 is 0 Å². The van der Waals surface area contributed by atoms with E-state index in [0.29, 0.717) is 23.5 Å². The molecule has 3 aromatic rings. The van der Waals surface area contributed by atoms with Gasteiger partial charge in [-0.3, -0.25) is 9.59 Å². The number of hydrogen-bond donors (Lipinski definition) is 1. The molecule has 2 amide bonds. The van der Waals surface area contributed by atoms with Crippen molar-refractivity contribution in [1.82, 2.24) is 19.7 Å². The fourth-order valence-electron chi connectivity index (χ4n) is 3.88. The standard InChI is InChI=1S/C27H29N5O4/c1-5-32(26(34)24-28-18-31(29-24)16-20-9-7-6-8-10-20)22-17-36-23-12-11-19(13-14-27(2,3)35)15-21(23)30(4)25(22)33/h6-12,15,18,22,35H,5,16-17H2,1-4H3/t22-/m1/s1. The molecule has 0 spiro atoms. The third-order valence-corrected chi connectivity index (χ3v) is 5.74. The number of benzene rings is 2. The highest BCUT2D eigenvalue weighted by Crippen LogP contribution is 2.32. The maximum absolute atomic E-state index is 13.4. The van der Waals surface area contributed by atoms with Gasteiger partial charge in [0.05, 0.1) is 12.2 Å². The van der Waals surface area contributed by atoms with E-state index in [1.807, 2.05) is 30.3 Å². The monoisotopic (exact) mass is 487 g/mol. The van der Waals surface area contributed by atoms with E-state index in [9.17, 15) is 14.7 Å². The summed E-state index contributed by atoms with van der Waals surface area (Å²) in [6, 6.07) is 14.1. The van der Waals surface area contributed by atoms with Crippen molar-refractivity contribution < 1.29 is 19.4 Å². The second-order valence-corrected chi connectivity index (χ2v) is 9.06. The Morgan fingerprint density at radius 3 is 2.69 bits per heavy atom. The van der Waals surface area contributed by atoms with Crippen molar-refractivity contribution in [1.29, 1.82) is 0 Å². The molecule has 1 aromatic heterocycles. The number of anilines is 1. The maximum Gasteiger partial charge on any atom is 0.294 e. The smallest absolute Gasteiger partial charge is 0.294 e. The molecule has 0 radical (unpaired) electrons. The normalized spacial score (nSPS) is 15.3. The highest BCUT2D eigenvalue weighted by molar-refractivity contribution is 6.02. The summed E-state index contributed by atoms with van der Waals surface area (Å²) in [6.07, 6.45) is 1.51. The van der Waals surface area contributed by atoms with Gasteiger partial charge in [0.25, 0.3) is 11.8 Å². The van der Waals surface area contributed by atoms with Gasteiger partial charge in [-0.2, -0.15) is 0 Å². The molecule has 2 aromatic carbocycles. The second-order valence-electron chi connectivity index (χ2n) is 9.06. The Kier molecular flexibility index (Phi) is 7.08.